The number of benzene rings is 6. The van der Waals surface area contributed by atoms with E-state index < -0.39 is 20.8 Å². The Balaban J connectivity index is 0.000000150. The Kier molecular flexibility index (Phi) is 16.6. The van der Waals surface area contributed by atoms with Crippen LogP contribution in [0.15, 0.2) is 140 Å². The summed E-state index contributed by atoms with van der Waals surface area (Å²) in [5, 5.41) is 8.42. The zero-order valence-corrected chi connectivity index (χ0v) is 41.5. The van der Waals surface area contributed by atoms with Gasteiger partial charge in [-0.2, -0.15) is 41.6 Å². The van der Waals surface area contributed by atoms with Crippen LogP contribution in [-0.2, 0) is 33.7 Å². The second-order valence-electron chi connectivity index (χ2n) is 16.4. The van der Waals surface area contributed by atoms with Crippen molar-refractivity contribution in [2.24, 2.45) is 0 Å². The summed E-state index contributed by atoms with van der Waals surface area (Å²) in [6.45, 7) is 18.0. The first-order valence-electron chi connectivity index (χ1n) is 21.5. The third-order valence-corrected chi connectivity index (χ3v) is 12.9. The van der Waals surface area contributed by atoms with E-state index in [4.69, 9.17) is 17.0 Å². The van der Waals surface area contributed by atoms with E-state index in [9.17, 15) is 0 Å². The summed E-state index contributed by atoms with van der Waals surface area (Å²) in [5.41, 5.74) is 17.0. The van der Waals surface area contributed by atoms with E-state index in [-0.39, 0.29) is 0 Å². The molecule has 0 unspecified atom stereocenters. The Hall–Kier alpha value is -3.78. The number of hydrogen-bond acceptors (Lipinski definition) is 0. The normalized spacial score (nSPS) is 11.3. The standard InChI is InChI=1S/2C22H25.C12H7Si.2ClH.Zr/c2*1-5-8-17-11-12-18-13-19(15(2)3)14-21(18)22(17)20-10-7-6-9-16(20)4;1-3-7-11-9(5-1)10-6-2-4-8-12(10)13-11;;;/h2*6-7,9-15H,5,8H2,1-4H3;1-7H;2*1H;/q3*-1;;;+2/p-2. The molecule has 0 atom stereocenters. The van der Waals surface area contributed by atoms with E-state index in [1.807, 2.05) is 6.07 Å². The van der Waals surface area contributed by atoms with Crippen molar-refractivity contribution in [1.29, 1.82) is 0 Å². The molecular formula is C56H57Cl2SiZr-3. The third-order valence-electron chi connectivity index (χ3n) is 11.5. The molecule has 0 bridgehead atoms. The SMILES string of the molecule is CCCc1ccc2[cH-]c(C(C)C)cc2c1-c1ccccc1C.CCCc1ccc2[cH-]c(C(C)C)cc2c1-c1ccccc1C.[Cl][Zr][Cl].[c-]1cccc2c1[Si]c1ccccc1-2. The molecule has 306 valence electrons. The molecule has 0 amide bonds. The molecular weight excluding hydrogens is 863 g/mol. The van der Waals surface area contributed by atoms with Crippen molar-refractivity contribution in [1.82, 2.24) is 0 Å². The van der Waals surface area contributed by atoms with Gasteiger partial charge in [0.25, 0.3) is 0 Å². The zero-order valence-electron chi connectivity index (χ0n) is 36.5. The Morgan fingerprint density at radius 1 is 0.567 bits per heavy atom. The van der Waals surface area contributed by atoms with Crippen LogP contribution in [0.4, 0.5) is 0 Å². The van der Waals surface area contributed by atoms with Crippen LogP contribution in [0.3, 0.4) is 0 Å². The van der Waals surface area contributed by atoms with Gasteiger partial charge < -0.3 is 0 Å². The van der Waals surface area contributed by atoms with Gasteiger partial charge in [-0.05, 0) is 60.8 Å². The fourth-order valence-electron chi connectivity index (χ4n) is 8.39. The van der Waals surface area contributed by atoms with Gasteiger partial charge in [-0.3, -0.25) is 0 Å². The Bertz CT molecular complexity index is 2460. The molecule has 1 aliphatic rings. The van der Waals surface area contributed by atoms with E-state index in [1.54, 1.807) is 0 Å². The smallest absolute Gasteiger partial charge is 0.0920 e. The van der Waals surface area contributed by atoms with Crippen LogP contribution >= 0.6 is 17.0 Å². The Morgan fingerprint density at radius 2 is 1.00 bits per heavy atom. The monoisotopic (exact) mass is 917 g/mol. The fourth-order valence-corrected chi connectivity index (χ4v) is 9.70. The summed E-state index contributed by atoms with van der Waals surface area (Å²) in [6.07, 6.45) is 4.65. The van der Waals surface area contributed by atoms with Crippen LogP contribution in [0.5, 0.6) is 0 Å². The van der Waals surface area contributed by atoms with E-state index >= 15 is 0 Å². The maximum Gasteiger partial charge on any atom is 0.0920 e. The second-order valence-corrected chi connectivity index (χ2v) is 21.4. The molecule has 1 heterocycles. The van der Waals surface area contributed by atoms with Gasteiger partial charge in [-0.15, -0.1) is 74.6 Å². The average molecular weight is 920 g/mol. The zero-order chi connectivity index (χ0) is 42.8. The number of hydrogen-bond donors (Lipinski definition) is 0. The van der Waals surface area contributed by atoms with Gasteiger partial charge in [-0.1, -0.05) is 160 Å². The second kappa shape index (κ2) is 21.8. The summed E-state index contributed by atoms with van der Waals surface area (Å²) in [5.74, 6) is 1.15. The molecule has 0 N–H and O–H groups in total. The number of rotatable bonds is 8. The van der Waals surface area contributed by atoms with Crippen molar-refractivity contribution in [3.05, 3.63) is 179 Å². The molecule has 60 heavy (non-hydrogen) atoms. The van der Waals surface area contributed by atoms with Crippen molar-refractivity contribution in [2.45, 2.75) is 92.9 Å². The van der Waals surface area contributed by atoms with Gasteiger partial charge in [0.15, 0.2) is 0 Å². The number of aryl methyl sites for hydroxylation is 4. The first-order valence-corrected chi connectivity index (χ1v) is 28.8. The van der Waals surface area contributed by atoms with Gasteiger partial charge in [0, 0.05) is 0 Å². The first kappa shape index (κ1) is 45.7. The maximum atomic E-state index is 4.93. The molecule has 4 heteroatoms. The van der Waals surface area contributed by atoms with Gasteiger partial charge in [0.2, 0.25) is 0 Å². The van der Waals surface area contributed by atoms with Gasteiger partial charge >= 0.3 is 37.9 Å². The predicted octanol–water partition coefficient (Wildman–Crippen LogP) is 15.7. The van der Waals surface area contributed by atoms with E-state index in [2.05, 4.69) is 195 Å². The molecule has 0 aromatic heterocycles. The van der Waals surface area contributed by atoms with Crippen LogP contribution in [0.2, 0.25) is 0 Å². The quantitative estimate of drug-likeness (QED) is 0.105. The fraction of sp³-hybridized carbons (Fsp3) is 0.250. The summed E-state index contributed by atoms with van der Waals surface area (Å²) >= 11 is -0.826. The minimum Gasteiger partial charge on any atom is -0.184 e. The maximum absolute atomic E-state index is 4.93. The molecule has 0 aliphatic carbocycles. The van der Waals surface area contributed by atoms with Crippen molar-refractivity contribution in [2.75, 3.05) is 0 Å². The van der Waals surface area contributed by atoms with E-state index in [0.29, 0.717) is 11.8 Å². The van der Waals surface area contributed by atoms with Crippen molar-refractivity contribution in [3.8, 4) is 33.4 Å². The number of fused-ring (bicyclic) bond motifs is 5. The average Bonchev–Trinajstić information content (AvgIpc) is 3.99. The summed E-state index contributed by atoms with van der Waals surface area (Å²) in [6, 6.07) is 54.5. The number of halogens is 2. The summed E-state index contributed by atoms with van der Waals surface area (Å²) < 4.78 is 0. The van der Waals surface area contributed by atoms with E-state index in [0.717, 1.165) is 22.4 Å². The van der Waals surface area contributed by atoms with Crippen LogP contribution in [0, 0.1) is 19.9 Å². The minimum atomic E-state index is -0.826. The Labute approximate surface area is 381 Å². The molecule has 0 nitrogen and oxygen atoms in total. The third kappa shape index (κ3) is 10.6. The minimum absolute atomic E-state index is 0.576. The topological polar surface area (TPSA) is 0 Å². The first-order chi connectivity index (χ1) is 29.1. The molecule has 2 radical (unpaired) electrons. The molecule has 1 aliphatic heterocycles. The van der Waals surface area contributed by atoms with Crippen LogP contribution in [0.1, 0.15) is 99.6 Å². The largest absolute Gasteiger partial charge is 0.184 e. The van der Waals surface area contributed by atoms with Gasteiger partial charge in [0.1, 0.15) is 0 Å². The predicted molar refractivity (Wildman–Crippen MR) is 263 cm³/mol. The summed E-state index contributed by atoms with van der Waals surface area (Å²) in [7, 11) is 10.7. The molecule has 0 saturated carbocycles. The van der Waals surface area contributed by atoms with Crippen molar-refractivity contribution in [3.63, 3.8) is 0 Å². The van der Waals surface area contributed by atoms with E-state index in [1.165, 1.54) is 112 Å². The van der Waals surface area contributed by atoms with Crippen LogP contribution < -0.4 is 10.4 Å². The van der Waals surface area contributed by atoms with Crippen LogP contribution in [-0.4, -0.2) is 9.52 Å². The van der Waals surface area contributed by atoms with Gasteiger partial charge in [-0.25, -0.2) is 0 Å². The molecule has 0 fully saturated rings. The van der Waals surface area contributed by atoms with Crippen molar-refractivity contribution < 1.29 is 20.8 Å². The molecule has 8 aromatic rings. The van der Waals surface area contributed by atoms with Crippen molar-refractivity contribution >= 4 is 58.5 Å². The Morgan fingerprint density at radius 3 is 1.45 bits per heavy atom. The molecule has 0 saturated heterocycles. The summed E-state index contributed by atoms with van der Waals surface area (Å²) in [4.78, 5) is 0. The van der Waals surface area contributed by atoms with Crippen LogP contribution in [0.25, 0.3) is 54.9 Å². The molecule has 9 rings (SSSR count). The van der Waals surface area contributed by atoms with Gasteiger partial charge in [0.05, 0.1) is 9.52 Å². The molecule has 0 spiro atoms. The molecule has 8 aromatic carbocycles.